The van der Waals surface area contributed by atoms with Gasteiger partial charge in [-0.3, -0.25) is 4.79 Å². The lowest BCUT2D eigenvalue weighted by molar-refractivity contribution is -0.119. The second-order valence-electron chi connectivity index (χ2n) is 4.94. The van der Waals surface area contributed by atoms with Crippen LogP contribution in [0.5, 0.6) is 0 Å². The van der Waals surface area contributed by atoms with Crippen molar-refractivity contribution in [3.05, 3.63) is 29.3 Å². The Morgan fingerprint density at radius 2 is 2.19 bits per heavy atom. The first-order chi connectivity index (χ1) is 9.97. The number of amides is 3. The summed E-state index contributed by atoms with van der Waals surface area (Å²) in [6.45, 7) is 1.98. The first kappa shape index (κ1) is 14.8. The monoisotopic (exact) mass is 291 g/mol. The van der Waals surface area contributed by atoms with Crippen molar-refractivity contribution in [3.63, 3.8) is 0 Å². The number of urea groups is 1. The molecule has 3 amide bonds. The van der Waals surface area contributed by atoms with Gasteiger partial charge in [0.15, 0.2) is 0 Å². The van der Waals surface area contributed by atoms with Crippen molar-refractivity contribution in [1.82, 2.24) is 10.6 Å². The van der Waals surface area contributed by atoms with Gasteiger partial charge in [-0.25, -0.2) is 9.59 Å². The van der Waals surface area contributed by atoms with E-state index in [-0.39, 0.29) is 23.2 Å². The van der Waals surface area contributed by atoms with Gasteiger partial charge in [-0.15, -0.1) is 0 Å². The van der Waals surface area contributed by atoms with E-state index in [1.807, 2.05) is 0 Å². The zero-order chi connectivity index (χ0) is 15.4. The molecule has 1 aliphatic heterocycles. The Labute approximate surface area is 121 Å². The van der Waals surface area contributed by atoms with Crippen LogP contribution in [0.25, 0.3) is 0 Å². The van der Waals surface area contributed by atoms with Gasteiger partial charge in [-0.2, -0.15) is 0 Å². The summed E-state index contributed by atoms with van der Waals surface area (Å²) in [7, 11) is 0. The van der Waals surface area contributed by atoms with Crippen LogP contribution in [0.2, 0.25) is 0 Å². The number of carboxylic acids is 1. The zero-order valence-corrected chi connectivity index (χ0v) is 11.6. The molecule has 1 aliphatic rings. The summed E-state index contributed by atoms with van der Waals surface area (Å²) in [4.78, 5) is 34.1. The van der Waals surface area contributed by atoms with Gasteiger partial charge in [-0.1, -0.05) is 12.1 Å². The summed E-state index contributed by atoms with van der Waals surface area (Å²) >= 11 is 0. The molecular weight excluding hydrogens is 274 g/mol. The van der Waals surface area contributed by atoms with Gasteiger partial charge in [0.05, 0.1) is 11.3 Å². The number of benzene rings is 1. The van der Waals surface area contributed by atoms with Gasteiger partial charge in [0.25, 0.3) is 0 Å². The second kappa shape index (κ2) is 6.25. The van der Waals surface area contributed by atoms with Crippen molar-refractivity contribution < 1.29 is 19.5 Å². The lowest BCUT2D eigenvalue weighted by Crippen LogP contribution is -2.40. The van der Waals surface area contributed by atoms with Gasteiger partial charge in [-0.05, 0) is 25.0 Å². The Hall–Kier alpha value is -2.57. The van der Waals surface area contributed by atoms with E-state index in [1.54, 1.807) is 19.1 Å². The molecule has 1 unspecified atom stereocenters. The van der Waals surface area contributed by atoms with Gasteiger partial charge in [0.1, 0.15) is 0 Å². The average molecular weight is 291 g/mol. The molecule has 21 heavy (non-hydrogen) atoms. The maximum atomic E-state index is 11.8. The minimum absolute atomic E-state index is 0.0194. The largest absolute Gasteiger partial charge is 0.478 e. The minimum atomic E-state index is -1.09. The van der Waals surface area contributed by atoms with Gasteiger partial charge in [0.2, 0.25) is 5.91 Å². The smallest absolute Gasteiger partial charge is 0.338 e. The Morgan fingerprint density at radius 3 is 2.81 bits per heavy atom. The van der Waals surface area contributed by atoms with Crippen LogP contribution in [0.3, 0.4) is 0 Å². The molecule has 1 saturated heterocycles. The fourth-order valence-corrected chi connectivity index (χ4v) is 2.27. The van der Waals surface area contributed by atoms with E-state index < -0.39 is 12.0 Å². The third-order valence-electron chi connectivity index (χ3n) is 3.33. The molecule has 2 rings (SSSR count). The number of hydrogen-bond acceptors (Lipinski definition) is 3. The van der Waals surface area contributed by atoms with Crippen LogP contribution in [0.4, 0.5) is 10.5 Å². The summed E-state index contributed by atoms with van der Waals surface area (Å²) in [5.41, 5.74) is 0.889. The van der Waals surface area contributed by atoms with Crippen molar-refractivity contribution in [2.45, 2.75) is 25.8 Å². The molecule has 1 fully saturated rings. The molecule has 7 nitrogen and oxygen atoms in total. The van der Waals surface area contributed by atoms with Crippen molar-refractivity contribution >= 4 is 23.6 Å². The Bertz CT molecular complexity index is 586. The van der Waals surface area contributed by atoms with E-state index in [0.29, 0.717) is 24.9 Å². The highest BCUT2D eigenvalue weighted by Gasteiger charge is 2.21. The van der Waals surface area contributed by atoms with Crippen LogP contribution in [-0.2, 0) is 4.79 Å². The van der Waals surface area contributed by atoms with Crippen LogP contribution in [0.15, 0.2) is 18.2 Å². The third kappa shape index (κ3) is 3.71. The third-order valence-corrected chi connectivity index (χ3v) is 3.33. The van der Waals surface area contributed by atoms with Crippen LogP contribution >= 0.6 is 0 Å². The predicted molar refractivity (Wildman–Crippen MR) is 76.3 cm³/mol. The number of carboxylic acid groups (broad SMARTS) is 1. The Kier molecular flexibility index (Phi) is 4.42. The molecule has 7 heteroatoms. The van der Waals surface area contributed by atoms with Crippen LogP contribution in [0, 0.1) is 6.92 Å². The number of rotatable bonds is 4. The molecule has 4 N–H and O–H groups in total. The van der Waals surface area contributed by atoms with E-state index in [9.17, 15) is 19.5 Å². The molecule has 1 aromatic carbocycles. The average Bonchev–Trinajstić information content (AvgIpc) is 2.82. The molecule has 0 spiro atoms. The number of carbonyl (C=O) groups is 3. The summed E-state index contributed by atoms with van der Waals surface area (Å²) in [6, 6.07) is 4.31. The fraction of sp³-hybridized carbons (Fsp3) is 0.357. The number of aryl methyl sites for hydroxylation is 1. The normalized spacial score (nSPS) is 17.2. The van der Waals surface area contributed by atoms with E-state index in [0.717, 1.165) is 0 Å². The van der Waals surface area contributed by atoms with Crippen molar-refractivity contribution in [3.8, 4) is 0 Å². The lowest BCUT2D eigenvalue weighted by Gasteiger charge is -2.14. The number of carbonyl (C=O) groups excluding carboxylic acids is 2. The number of anilines is 1. The quantitative estimate of drug-likeness (QED) is 0.666. The van der Waals surface area contributed by atoms with E-state index in [2.05, 4.69) is 16.0 Å². The molecular formula is C14H17N3O4. The fourth-order valence-electron chi connectivity index (χ4n) is 2.27. The highest BCUT2D eigenvalue weighted by Crippen LogP contribution is 2.19. The van der Waals surface area contributed by atoms with E-state index in [4.69, 9.17) is 0 Å². The topological polar surface area (TPSA) is 108 Å². The molecule has 1 heterocycles. The van der Waals surface area contributed by atoms with Crippen LogP contribution < -0.4 is 16.0 Å². The molecule has 112 valence electrons. The second-order valence-corrected chi connectivity index (χ2v) is 4.94. The summed E-state index contributed by atoms with van der Waals surface area (Å²) in [5.74, 6) is -1.11. The highest BCUT2D eigenvalue weighted by atomic mass is 16.4. The summed E-state index contributed by atoms with van der Waals surface area (Å²) in [6.07, 6.45) is 1.15. The SMILES string of the molecule is Cc1cccc(NC(=O)NCC2CCC(=O)N2)c1C(=O)O. The van der Waals surface area contributed by atoms with Crippen molar-refractivity contribution in [2.24, 2.45) is 0 Å². The molecule has 0 aromatic heterocycles. The van der Waals surface area contributed by atoms with E-state index in [1.165, 1.54) is 6.07 Å². The summed E-state index contributed by atoms with van der Waals surface area (Å²) < 4.78 is 0. The number of aromatic carboxylic acids is 1. The standard InChI is InChI=1S/C14H17N3O4/c1-8-3-2-4-10(12(8)13(19)20)17-14(21)15-7-9-5-6-11(18)16-9/h2-4,9H,5-7H2,1H3,(H,16,18)(H,19,20)(H2,15,17,21). The van der Waals surface area contributed by atoms with E-state index >= 15 is 0 Å². The maximum absolute atomic E-state index is 11.8. The predicted octanol–water partition coefficient (Wildman–Crippen LogP) is 1.09. The molecule has 0 saturated carbocycles. The lowest BCUT2D eigenvalue weighted by atomic mass is 10.1. The van der Waals surface area contributed by atoms with Gasteiger partial charge >= 0.3 is 12.0 Å². The molecule has 0 radical (unpaired) electrons. The van der Waals surface area contributed by atoms with Crippen LogP contribution in [0.1, 0.15) is 28.8 Å². The first-order valence-corrected chi connectivity index (χ1v) is 6.64. The number of hydrogen-bond donors (Lipinski definition) is 4. The zero-order valence-electron chi connectivity index (χ0n) is 11.6. The first-order valence-electron chi connectivity index (χ1n) is 6.64. The van der Waals surface area contributed by atoms with Crippen molar-refractivity contribution in [2.75, 3.05) is 11.9 Å². The van der Waals surface area contributed by atoms with Gasteiger partial charge in [0, 0.05) is 19.0 Å². The Morgan fingerprint density at radius 1 is 1.43 bits per heavy atom. The molecule has 0 aliphatic carbocycles. The molecule has 1 atom stereocenters. The molecule has 1 aromatic rings. The molecule has 0 bridgehead atoms. The minimum Gasteiger partial charge on any atom is -0.478 e. The number of nitrogens with one attached hydrogen (secondary N) is 3. The highest BCUT2D eigenvalue weighted by molar-refractivity contribution is 6.01. The van der Waals surface area contributed by atoms with Crippen molar-refractivity contribution in [1.29, 1.82) is 0 Å². The van der Waals surface area contributed by atoms with Crippen LogP contribution in [-0.4, -0.2) is 35.6 Å². The Balaban J connectivity index is 1.95. The summed E-state index contributed by atoms with van der Waals surface area (Å²) in [5, 5.41) is 17.1. The maximum Gasteiger partial charge on any atom is 0.338 e. The van der Waals surface area contributed by atoms with Gasteiger partial charge < -0.3 is 21.1 Å².